The van der Waals surface area contributed by atoms with Gasteiger partial charge in [0, 0.05) is 37.9 Å². The fourth-order valence-electron chi connectivity index (χ4n) is 2.69. The molecule has 0 radical (unpaired) electrons. The van der Waals surface area contributed by atoms with E-state index in [-0.39, 0.29) is 6.03 Å². The summed E-state index contributed by atoms with van der Waals surface area (Å²) in [6, 6.07) is 7.86. The van der Waals surface area contributed by atoms with Gasteiger partial charge in [-0.05, 0) is 31.0 Å². The Balaban J connectivity index is 1.60. The Morgan fingerprint density at radius 2 is 1.95 bits per heavy atom. The third-order valence-electron chi connectivity index (χ3n) is 4.16. The predicted octanol–water partition coefficient (Wildman–Crippen LogP) is 2.65. The number of nitrogens with one attached hydrogen (secondary N) is 1. The van der Waals surface area contributed by atoms with E-state index >= 15 is 0 Å². The maximum absolute atomic E-state index is 12.1. The lowest BCUT2D eigenvalue weighted by Crippen LogP contribution is -2.50. The number of urea groups is 1. The zero-order valence-electron chi connectivity index (χ0n) is 12.9. The Hall–Kier alpha value is -2.50. The minimum Gasteiger partial charge on any atom is -0.368 e. The molecule has 0 atom stereocenters. The van der Waals surface area contributed by atoms with E-state index < -0.39 is 0 Å². The van der Waals surface area contributed by atoms with Gasteiger partial charge in [0.05, 0.1) is 0 Å². The number of hydrogen-bond acceptors (Lipinski definition) is 4. The highest BCUT2D eigenvalue weighted by atomic mass is 16.5. The van der Waals surface area contributed by atoms with Crippen molar-refractivity contribution in [2.75, 3.05) is 36.4 Å². The van der Waals surface area contributed by atoms with E-state index in [0.29, 0.717) is 18.9 Å². The summed E-state index contributed by atoms with van der Waals surface area (Å²) in [6.07, 6.45) is 1.44. The van der Waals surface area contributed by atoms with Crippen LogP contribution in [0, 0.1) is 13.8 Å². The van der Waals surface area contributed by atoms with Crippen LogP contribution in [-0.2, 0) is 0 Å². The number of amides is 2. The summed E-state index contributed by atoms with van der Waals surface area (Å²) < 4.78 is 4.71. The normalized spacial score (nSPS) is 15.0. The van der Waals surface area contributed by atoms with E-state index in [9.17, 15) is 4.79 Å². The first-order valence-corrected chi connectivity index (χ1v) is 7.42. The third kappa shape index (κ3) is 2.90. The van der Waals surface area contributed by atoms with E-state index in [1.807, 2.05) is 0 Å². The molecule has 116 valence electrons. The molecular weight excluding hydrogens is 280 g/mol. The average molecular weight is 300 g/mol. The maximum Gasteiger partial charge on any atom is 0.323 e. The molecular formula is C16H20N4O2. The van der Waals surface area contributed by atoms with Crippen LogP contribution in [0.1, 0.15) is 11.1 Å². The molecule has 2 heterocycles. The average Bonchev–Trinajstić information content (AvgIpc) is 3.03. The van der Waals surface area contributed by atoms with Gasteiger partial charge in [-0.1, -0.05) is 17.3 Å². The zero-order valence-corrected chi connectivity index (χ0v) is 12.9. The fraction of sp³-hybridized carbons (Fsp3) is 0.375. The summed E-state index contributed by atoms with van der Waals surface area (Å²) in [5, 5.41) is 6.42. The first-order valence-electron chi connectivity index (χ1n) is 7.42. The molecule has 1 aliphatic rings. The van der Waals surface area contributed by atoms with Crippen molar-refractivity contribution in [1.29, 1.82) is 0 Å². The van der Waals surface area contributed by atoms with Gasteiger partial charge in [0.25, 0.3) is 0 Å². The molecule has 2 aromatic rings. The van der Waals surface area contributed by atoms with Crippen molar-refractivity contribution < 1.29 is 9.32 Å². The topological polar surface area (TPSA) is 61.6 Å². The van der Waals surface area contributed by atoms with Gasteiger partial charge in [0.1, 0.15) is 6.26 Å². The second-order valence-electron chi connectivity index (χ2n) is 5.51. The van der Waals surface area contributed by atoms with Crippen molar-refractivity contribution in [3.8, 4) is 0 Å². The number of rotatable bonds is 2. The highest BCUT2D eigenvalue weighted by Crippen LogP contribution is 2.23. The van der Waals surface area contributed by atoms with Crippen LogP contribution in [0.5, 0.6) is 0 Å². The van der Waals surface area contributed by atoms with Crippen LogP contribution in [0.3, 0.4) is 0 Å². The lowest BCUT2D eigenvalue weighted by molar-refractivity contribution is 0.208. The number of carbonyl (C=O) groups excluding carboxylic acids is 1. The largest absolute Gasteiger partial charge is 0.368 e. The van der Waals surface area contributed by atoms with E-state index in [0.717, 1.165) is 13.1 Å². The Morgan fingerprint density at radius 3 is 2.64 bits per heavy atom. The monoisotopic (exact) mass is 300 g/mol. The van der Waals surface area contributed by atoms with Gasteiger partial charge in [-0.15, -0.1) is 0 Å². The molecule has 3 rings (SSSR count). The molecule has 1 saturated heterocycles. The van der Waals surface area contributed by atoms with Crippen LogP contribution in [0.15, 0.2) is 35.1 Å². The van der Waals surface area contributed by atoms with Crippen molar-refractivity contribution >= 4 is 17.5 Å². The molecule has 6 nitrogen and oxygen atoms in total. The van der Waals surface area contributed by atoms with E-state index in [2.05, 4.69) is 47.4 Å². The predicted molar refractivity (Wildman–Crippen MR) is 85.2 cm³/mol. The molecule has 0 unspecified atom stereocenters. The molecule has 1 fully saturated rings. The summed E-state index contributed by atoms with van der Waals surface area (Å²) in [4.78, 5) is 16.3. The smallest absolute Gasteiger partial charge is 0.323 e. The van der Waals surface area contributed by atoms with Crippen LogP contribution in [0.25, 0.3) is 0 Å². The van der Waals surface area contributed by atoms with Crippen LogP contribution in [-0.4, -0.2) is 42.3 Å². The summed E-state index contributed by atoms with van der Waals surface area (Å²) in [6.45, 7) is 7.32. The van der Waals surface area contributed by atoms with Crippen LogP contribution in [0.2, 0.25) is 0 Å². The Bertz CT molecular complexity index is 646. The van der Waals surface area contributed by atoms with Crippen molar-refractivity contribution in [3.05, 3.63) is 41.7 Å². The number of nitrogens with zero attached hydrogens (tertiary/aromatic N) is 3. The number of benzene rings is 1. The van der Waals surface area contributed by atoms with E-state index in [1.165, 1.54) is 23.1 Å². The number of anilines is 2. The van der Waals surface area contributed by atoms with Gasteiger partial charge in [0.15, 0.2) is 5.82 Å². The summed E-state index contributed by atoms with van der Waals surface area (Å²) >= 11 is 0. The maximum atomic E-state index is 12.1. The number of carbonyl (C=O) groups is 1. The lowest BCUT2D eigenvalue weighted by Gasteiger charge is -2.36. The number of aromatic nitrogens is 1. The highest BCUT2D eigenvalue weighted by Gasteiger charge is 2.22. The Kier molecular flexibility index (Phi) is 4.00. The van der Waals surface area contributed by atoms with Crippen LogP contribution < -0.4 is 10.2 Å². The third-order valence-corrected chi connectivity index (χ3v) is 4.16. The molecule has 1 aromatic carbocycles. The molecule has 0 spiro atoms. The van der Waals surface area contributed by atoms with Crippen molar-refractivity contribution in [2.24, 2.45) is 0 Å². The summed E-state index contributed by atoms with van der Waals surface area (Å²) in [7, 11) is 0. The van der Waals surface area contributed by atoms with Gasteiger partial charge in [0.2, 0.25) is 0 Å². The van der Waals surface area contributed by atoms with Gasteiger partial charge >= 0.3 is 6.03 Å². The second kappa shape index (κ2) is 6.09. The number of aryl methyl sites for hydroxylation is 1. The van der Waals surface area contributed by atoms with Gasteiger partial charge in [-0.2, -0.15) is 0 Å². The minimum atomic E-state index is -0.130. The van der Waals surface area contributed by atoms with Crippen molar-refractivity contribution in [1.82, 2.24) is 10.1 Å². The van der Waals surface area contributed by atoms with E-state index in [4.69, 9.17) is 4.52 Å². The number of hydrogen-bond donors (Lipinski definition) is 1. The molecule has 1 N–H and O–H groups in total. The first-order chi connectivity index (χ1) is 10.6. The SMILES string of the molecule is Cc1cccc(N2CCN(C(=O)Nc3ccon3)CC2)c1C. The minimum absolute atomic E-state index is 0.130. The van der Waals surface area contributed by atoms with Crippen LogP contribution in [0.4, 0.5) is 16.3 Å². The van der Waals surface area contributed by atoms with E-state index in [1.54, 1.807) is 11.0 Å². The number of piperazine rings is 1. The molecule has 1 aliphatic heterocycles. The van der Waals surface area contributed by atoms with Gasteiger partial charge in [-0.3, -0.25) is 5.32 Å². The molecule has 0 bridgehead atoms. The van der Waals surface area contributed by atoms with Crippen molar-refractivity contribution in [3.63, 3.8) is 0 Å². The summed E-state index contributed by atoms with van der Waals surface area (Å²) in [5.74, 6) is 0.446. The van der Waals surface area contributed by atoms with Crippen LogP contribution >= 0.6 is 0 Å². The first kappa shape index (κ1) is 14.4. The second-order valence-corrected chi connectivity index (χ2v) is 5.51. The quantitative estimate of drug-likeness (QED) is 0.926. The lowest BCUT2D eigenvalue weighted by atomic mass is 10.1. The molecule has 0 aliphatic carbocycles. The Morgan fingerprint density at radius 1 is 1.18 bits per heavy atom. The fourth-order valence-corrected chi connectivity index (χ4v) is 2.69. The zero-order chi connectivity index (χ0) is 15.5. The van der Waals surface area contributed by atoms with Gasteiger partial charge in [-0.25, -0.2) is 4.79 Å². The highest BCUT2D eigenvalue weighted by molar-refractivity contribution is 5.88. The molecule has 6 heteroatoms. The standard InChI is InChI=1S/C16H20N4O2/c1-12-4-3-5-14(13(12)2)19-7-9-20(10-8-19)16(21)17-15-6-11-22-18-15/h3-6,11H,7-10H2,1-2H3,(H,17,18,21). The molecule has 1 aromatic heterocycles. The summed E-state index contributed by atoms with van der Waals surface area (Å²) in [5.41, 5.74) is 3.86. The molecule has 2 amide bonds. The molecule has 0 saturated carbocycles. The Labute approximate surface area is 129 Å². The van der Waals surface area contributed by atoms with Crippen molar-refractivity contribution in [2.45, 2.75) is 13.8 Å². The molecule has 22 heavy (non-hydrogen) atoms. The van der Waals surface area contributed by atoms with Gasteiger partial charge < -0.3 is 14.3 Å².